The van der Waals surface area contributed by atoms with E-state index >= 15 is 0 Å². The van der Waals surface area contributed by atoms with Crippen molar-refractivity contribution in [3.05, 3.63) is 39.9 Å². The molecule has 0 saturated carbocycles. The van der Waals surface area contributed by atoms with Crippen LogP contribution in [0.5, 0.6) is 0 Å². The number of ketones is 1. The second-order valence-corrected chi connectivity index (χ2v) is 6.03. The number of nitro groups is 1. The van der Waals surface area contributed by atoms with E-state index in [0.717, 1.165) is 25.8 Å². The first-order valence-corrected chi connectivity index (χ1v) is 7.65. The van der Waals surface area contributed by atoms with Crippen molar-refractivity contribution in [2.24, 2.45) is 0 Å². The molecule has 7 heteroatoms. The molecule has 1 aromatic rings. The lowest BCUT2D eigenvalue weighted by atomic mass is 9.91. The Bertz CT molecular complexity index is 545. The number of hydrogen-bond acceptors (Lipinski definition) is 5. The summed E-state index contributed by atoms with van der Waals surface area (Å²) in [7, 11) is 3.82. The average molecular weight is 342 g/mol. The summed E-state index contributed by atoms with van der Waals surface area (Å²) in [5.74, 6) is 0.102. The number of piperidine rings is 1. The molecule has 2 rings (SSSR count). The van der Waals surface area contributed by atoms with Crippen LogP contribution in [0.15, 0.2) is 24.3 Å². The van der Waals surface area contributed by atoms with Crippen LogP contribution < -0.4 is 5.32 Å². The molecule has 1 aliphatic rings. The van der Waals surface area contributed by atoms with Gasteiger partial charge in [0.15, 0.2) is 5.78 Å². The first kappa shape index (κ1) is 19.5. The molecule has 1 fully saturated rings. The topological polar surface area (TPSA) is 75.5 Å². The number of hydrogen-bond donors (Lipinski definition) is 1. The molecule has 0 amide bonds. The zero-order valence-corrected chi connectivity index (χ0v) is 14.3. The second kappa shape index (κ2) is 8.96. The zero-order valence-electron chi connectivity index (χ0n) is 13.5. The van der Waals surface area contributed by atoms with Crippen LogP contribution in [0.2, 0.25) is 0 Å². The first-order valence-electron chi connectivity index (χ1n) is 7.65. The number of nitrogens with zero attached hydrogens (tertiary/aromatic N) is 2. The van der Waals surface area contributed by atoms with Crippen molar-refractivity contribution in [3.8, 4) is 0 Å². The highest BCUT2D eigenvalue weighted by Crippen LogP contribution is 2.18. The van der Waals surface area contributed by atoms with E-state index in [1.54, 1.807) is 12.1 Å². The van der Waals surface area contributed by atoms with Gasteiger partial charge in [-0.05, 0) is 39.0 Å². The van der Waals surface area contributed by atoms with Gasteiger partial charge < -0.3 is 5.32 Å². The predicted octanol–water partition coefficient (Wildman–Crippen LogP) is 2.20. The van der Waals surface area contributed by atoms with Crippen molar-refractivity contribution in [3.63, 3.8) is 0 Å². The lowest BCUT2D eigenvalue weighted by molar-refractivity contribution is -0.384. The summed E-state index contributed by atoms with van der Waals surface area (Å²) >= 11 is 0. The van der Waals surface area contributed by atoms with E-state index in [2.05, 4.69) is 5.32 Å². The van der Waals surface area contributed by atoms with Crippen LogP contribution in [0.25, 0.3) is 0 Å². The van der Waals surface area contributed by atoms with Crippen LogP contribution in [0.4, 0.5) is 5.69 Å². The maximum Gasteiger partial charge on any atom is 0.269 e. The average Bonchev–Trinajstić information content (AvgIpc) is 2.48. The Kier molecular flexibility index (Phi) is 7.61. The molecule has 128 valence electrons. The van der Waals surface area contributed by atoms with Crippen LogP contribution >= 0.6 is 12.4 Å². The summed E-state index contributed by atoms with van der Waals surface area (Å²) in [5.41, 5.74) is 0.726. The Morgan fingerprint density at radius 3 is 2.74 bits per heavy atom. The summed E-state index contributed by atoms with van der Waals surface area (Å²) in [6.07, 6.45) is 3.49. The predicted molar refractivity (Wildman–Crippen MR) is 92.2 cm³/mol. The number of non-ortho nitro benzene ring substituents is 1. The van der Waals surface area contributed by atoms with Gasteiger partial charge in [0, 0.05) is 24.6 Å². The molecule has 2 atom stereocenters. The molecule has 0 radical (unpaired) electrons. The van der Waals surface area contributed by atoms with Crippen molar-refractivity contribution in [1.29, 1.82) is 0 Å². The van der Waals surface area contributed by atoms with E-state index in [1.165, 1.54) is 12.1 Å². The summed E-state index contributed by atoms with van der Waals surface area (Å²) in [6, 6.07) is 6.30. The van der Waals surface area contributed by atoms with Crippen LogP contribution in [-0.2, 0) is 11.2 Å². The molecule has 6 nitrogen and oxygen atoms in total. The van der Waals surface area contributed by atoms with Crippen LogP contribution in [-0.4, -0.2) is 48.3 Å². The summed E-state index contributed by atoms with van der Waals surface area (Å²) in [5, 5.41) is 14.3. The number of nitro benzene ring substituents is 1. The van der Waals surface area contributed by atoms with E-state index in [9.17, 15) is 14.9 Å². The van der Waals surface area contributed by atoms with Gasteiger partial charge in [-0.15, -0.1) is 12.4 Å². The van der Waals surface area contributed by atoms with Crippen LogP contribution in [0, 0.1) is 10.1 Å². The van der Waals surface area contributed by atoms with E-state index in [0.29, 0.717) is 5.56 Å². The molecule has 0 spiro atoms. The van der Waals surface area contributed by atoms with E-state index in [4.69, 9.17) is 0 Å². The molecular weight excluding hydrogens is 318 g/mol. The van der Waals surface area contributed by atoms with Gasteiger partial charge in [-0.2, -0.15) is 0 Å². The molecule has 0 aromatic heterocycles. The van der Waals surface area contributed by atoms with Crippen LogP contribution in [0.3, 0.4) is 0 Å². The molecule has 1 aliphatic heterocycles. The van der Waals surface area contributed by atoms with Crippen molar-refractivity contribution in [2.75, 3.05) is 20.6 Å². The third-order valence-electron chi connectivity index (χ3n) is 4.12. The van der Waals surface area contributed by atoms with Gasteiger partial charge in [-0.25, -0.2) is 0 Å². The Morgan fingerprint density at radius 2 is 2.17 bits per heavy atom. The fourth-order valence-corrected chi connectivity index (χ4v) is 3.11. The van der Waals surface area contributed by atoms with E-state index < -0.39 is 4.92 Å². The van der Waals surface area contributed by atoms with Crippen LogP contribution in [0.1, 0.15) is 24.8 Å². The van der Waals surface area contributed by atoms with Gasteiger partial charge in [0.2, 0.25) is 0 Å². The number of likely N-dealkylation sites (N-methyl/N-ethyl adjacent to an activating group) is 1. The molecule has 2 unspecified atom stereocenters. The molecule has 1 aromatic carbocycles. The van der Waals surface area contributed by atoms with E-state index in [-0.39, 0.29) is 42.4 Å². The fourth-order valence-electron chi connectivity index (χ4n) is 3.11. The highest BCUT2D eigenvalue weighted by atomic mass is 35.5. The van der Waals surface area contributed by atoms with Gasteiger partial charge in [0.05, 0.1) is 11.0 Å². The number of carbonyl (C=O) groups excluding carboxylic acids is 1. The second-order valence-electron chi connectivity index (χ2n) is 6.03. The van der Waals surface area contributed by atoms with Gasteiger partial charge in [0.25, 0.3) is 5.69 Å². The Morgan fingerprint density at radius 1 is 1.43 bits per heavy atom. The quantitative estimate of drug-likeness (QED) is 0.634. The number of benzene rings is 1. The lowest BCUT2D eigenvalue weighted by Crippen LogP contribution is -2.53. The summed E-state index contributed by atoms with van der Waals surface area (Å²) < 4.78 is 0. The molecule has 23 heavy (non-hydrogen) atoms. The molecule has 0 bridgehead atoms. The highest BCUT2D eigenvalue weighted by molar-refractivity contribution is 5.87. The standard InChI is InChI=1S/C16H23N3O3.ClH/c1-18(2)16(14-8-3-4-9-17-14)15(20)11-12-6-5-7-13(10-12)19(21)22;/h5-7,10,14,16-17H,3-4,8-9,11H2,1-2H3;1H. The third kappa shape index (κ3) is 5.27. The monoisotopic (exact) mass is 341 g/mol. The summed E-state index contributed by atoms with van der Waals surface area (Å²) in [6.45, 7) is 0.944. The summed E-state index contributed by atoms with van der Waals surface area (Å²) in [4.78, 5) is 25.0. The minimum atomic E-state index is -0.430. The normalized spacial score (nSPS) is 19.0. The largest absolute Gasteiger partial charge is 0.312 e. The smallest absolute Gasteiger partial charge is 0.269 e. The van der Waals surface area contributed by atoms with Gasteiger partial charge in [0.1, 0.15) is 0 Å². The minimum absolute atomic E-state index is 0. The maximum absolute atomic E-state index is 12.7. The number of carbonyl (C=O) groups is 1. The minimum Gasteiger partial charge on any atom is -0.312 e. The molecule has 1 N–H and O–H groups in total. The molecule has 1 saturated heterocycles. The molecular formula is C16H24ClN3O3. The zero-order chi connectivity index (χ0) is 16.1. The van der Waals surface area contributed by atoms with Crippen molar-refractivity contribution in [1.82, 2.24) is 10.2 Å². The highest BCUT2D eigenvalue weighted by Gasteiger charge is 2.30. The number of halogens is 1. The number of nitrogens with one attached hydrogen (secondary N) is 1. The first-order chi connectivity index (χ1) is 10.5. The Hall–Kier alpha value is -1.50. The van der Waals surface area contributed by atoms with Gasteiger partial charge in [-0.3, -0.25) is 19.8 Å². The van der Waals surface area contributed by atoms with Gasteiger partial charge in [-0.1, -0.05) is 18.6 Å². The SMILES string of the molecule is CN(C)C(C(=O)Cc1cccc([N+](=O)[O-])c1)C1CCCCN1.Cl. The maximum atomic E-state index is 12.7. The lowest BCUT2D eigenvalue weighted by Gasteiger charge is -2.34. The fraction of sp³-hybridized carbons (Fsp3) is 0.562. The Balaban J connectivity index is 0.00000264. The Labute approximate surface area is 142 Å². The van der Waals surface area contributed by atoms with E-state index in [1.807, 2.05) is 19.0 Å². The van der Waals surface area contributed by atoms with Crippen molar-refractivity contribution in [2.45, 2.75) is 37.8 Å². The molecule has 0 aliphatic carbocycles. The number of rotatable bonds is 6. The van der Waals surface area contributed by atoms with Crippen molar-refractivity contribution < 1.29 is 9.72 Å². The van der Waals surface area contributed by atoms with Gasteiger partial charge >= 0.3 is 0 Å². The third-order valence-corrected chi connectivity index (χ3v) is 4.12. The molecule has 1 heterocycles. The van der Waals surface area contributed by atoms with Crippen molar-refractivity contribution >= 4 is 23.9 Å². The number of Topliss-reactive ketones (excluding diaryl/α,β-unsaturated/α-hetero) is 1.